The number of nitrogens with one attached hydrogen (secondary N) is 1. The molecule has 0 unspecified atom stereocenters. The van der Waals surface area contributed by atoms with Gasteiger partial charge in [0.25, 0.3) is 5.91 Å². The van der Waals surface area contributed by atoms with Crippen LogP contribution in [0, 0.1) is 0 Å². The summed E-state index contributed by atoms with van der Waals surface area (Å²) >= 11 is 0. The van der Waals surface area contributed by atoms with Gasteiger partial charge in [0.1, 0.15) is 24.7 Å². The summed E-state index contributed by atoms with van der Waals surface area (Å²) in [5.41, 5.74) is 1.68. The Balaban J connectivity index is 1.46. The first kappa shape index (κ1) is 18.5. The van der Waals surface area contributed by atoms with Crippen LogP contribution in [0.15, 0.2) is 84.9 Å². The summed E-state index contributed by atoms with van der Waals surface area (Å²) in [7, 11) is 0. The minimum absolute atomic E-state index is 0.0511. The SMILES string of the molecule is C[C@@H](NC(=O)c1ccc(OCCOc2ccccc2)cc1)c1ccccc1. The number of hydrogen-bond donors (Lipinski definition) is 1. The van der Waals surface area contributed by atoms with Crippen molar-refractivity contribution in [1.82, 2.24) is 5.32 Å². The van der Waals surface area contributed by atoms with Crippen molar-refractivity contribution < 1.29 is 14.3 Å². The molecule has 0 spiro atoms. The maximum Gasteiger partial charge on any atom is 0.251 e. The van der Waals surface area contributed by atoms with Crippen LogP contribution in [0.2, 0.25) is 0 Å². The third-order valence-corrected chi connectivity index (χ3v) is 4.13. The number of rotatable bonds is 8. The number of amides is 1. The van der Waals surface area contributed by atoms with Gasteiger partial charge in [-0.05, 0) is 48.9 Å². The van der Waals surface area contributed by atoms with Gasteiger partial charge in [0.15, 0.2) is 0 Å². The van der Waals surface area contributed by atoms with Crippen molar-refractivity contribution in [3.8, 4) is 11.5 Å². The molecule has 0 radical (unpaired) electrons. The fourth-order valence-electron chi connectivity index (χ4n) is 2.64. The second-order valence-corrected chi connectivity index (χ2v) is 6.14. The van der Waals surface area contributed by atoms with E-state index in [0.29, 0.717) is 24.5 Å². The lowest BCUT2D eigenvalue weighted by Gasteiger charge is -2.14. The summed E-state index contributed by atoms with van der Waals surface area (Å²) in [6, 6.07) is 26.6. The minimum atomic E-state index is -0.106. The third-order valence-electron chi connectivity index (χ3n) is 4.13. The van der Waals surface area contributed by atoms with Crippen molar-refractivity contribution in [3.05, 3.63) is 96.1 Å². The van der Waals surface area contributed by atoms with Crippen LogP contribution in [0.3, 0.4) is 0 Å². The van der Waals surface area contributed by atoms with E-state index in [2.05, 4.69) is 5.32 Å². The molecule has 3 aromatic rings. The maximum absolute atomic E-state index is 12.4. The zero-order valence-corrected chi connectivity index (χ0v) is 15.3. The molecular formula is C23H23NO3. The Morgan fingerprint density at radius 3 is 1.89 bits per heavy atom. The van der Waals surface area contributed by atoms with Crippen LogP contribution in [0.4, 0.5) is 0 Å². The molecular weight excluding hydrogens is 338 g/mol. The highest BCUT2D eigenvalue weighted by Crippen LogP contribution is 2.15. The zero-order chi connectivity index (χ0) is 18.9. The van der Waals surface area contributed by atoms with Gasteiger partial charge in [-0.3, -0.25) is 4.79 Å². The van der Waals surface area contributed by atoms with Crippen LogP contribution in [0.5, 0.6) is 11.5 Å². The van der Waals surface area contributed by atoms with Crippen molar-refractivity contribution in [3.63, 3.8) is 0 Å². The van der Waals surface area contributed by atoms with Crippen LogP contribution in [0.25, 0.3) is 0 Å². The van der Waals surface area contributed by atoms with Gasteiger partial charge in [-0.2, -0.15) is 0 Å². The van der Waals surface area contributed by atoms with Crippen LogP contribution in [-0.4, -0.2) is 19.1 Å². The van der Waals surface area contributed by atoms with E-state index in [9.17, 15) is 4.79 Å². The van der Waals surface area contributed by atoms with Gasteiger partial charge in [0.2, 0.25) is 0 Å². The van der Waals surface area contributed by atoms with Crippen molar-refractivity contribution in [1.29, 1.82) is 0 Å². The molecule has 0 fully saturated rings. The highest BCUT2D eigenvalue weighted by molar-refractivity contribution is 5.94. The summed E-state index contributed by atoms with van der Waals surface area (Å²) in [6.07, 6.45) is 0. The standard InChI is InChI=1S/C23H23NO3/c1-18(19-8-4-2-5-9-19)24-23(25)20-12-14-22(15-13-20)27-17-16-26-21-10-6-3-7-11-21/h2-15,18H,16-17H2,1H3,(H,24,25)/t18-/m1/s1. The van der Waals surface area contributed by atoms with Gasteiger partial charge < -0.3 is 14.8 Å². The summed E-state index contributed by atoms with van der Waals surface area (Å²) in [5.74, 6) is 1.42. The smallest absolute Gasteiger partial charge is 0.251 e. The predicted octanol–water partition coefficient (Wildman–Crippen LogP) is 4.64. The molecule has 27 heavy (non-hydrogen) atoms. The average molecular weight is 361 g/mol. The number of benzene rings is 3. The van der Waals surface area contributed by atoms with Gasteiger partial charge in [-0.25, -0.2) is 0 Å². The van der Waals surface area contributed by atoms with Gasteiger partial charge in [-0.15, -0.1) is 0 Å². The van der Waals surface area contributed by atoms with Crippen molar-refractivity contribution >= 4 is 5.91 Å². The molecule has 0 aromatic heterocycles. The van der Waals surface area contributed by atoms with E-state index in [1.54, 1.807) is 24.3 Å². The van der Waals surface area contributed by atoms with E-state index in [1.807, 2.05) is 67.6 Å². The first-order chi connectivity index (χ1) is 13.2. The van der Waals surface area contributed by atoms with Gasteiger partial charge in [0.05, 0.1) is 6.04 Å². The maximum atomic E-state index is 12.4. The molecule has 0 heterocycles. The first-order valence-corrected chi connectivity index (χ1v) is 8.99. The molecule has 3 rings (SSSR count). The second-order valence-electron chi connectivity index (χ2n) is 6.14. The fraction of sp³-hybridized carbons (Fsp3) is 0.174. The quantitative estimate of drug-likeness (QED) is 0.595. The predicted molar refractivity (Wildman–Crippen MR) is 106 cm³/mol. The molecule has 1 amide bonds. The van der Waals surface area contributed by atoms with Gasteiger partial charge in [-0.1, -0.05) is 48.5 Å². The topological polar surface area (TPSA) is 47.6 Å². The lowest BCUT2D eigenvalue weighted by atomic mass is 10.1. The largest absolute Gasteiger partial charge is 0.490 e. The van der Waals surface area contributed by atoms with Crippen LogP contribution >= 0.6 is 0 Å². The van der Waals surface area contributed by atoms with E-state index >= 15 is 0 Å². The van der Waals surface area contributed by atoms with Crippen LogP contribution < -0.4 is 14.8 Å². The van der Waals surface area contributed by atoms with E-state index in [4.69, 9.17) is 9.47 Å². The highest BCUT2D eigenvalue weighted by Gasteiger charge is 2.11. The lowest BCUT2D eigenvalue weighted by Crippen LogP contribution is -2.26. The number of carbonyl (C=O) groups excluding carboxylic acids is 1. The van der Waals surface area contributed by atoms with Crippen LogP contribution in [-0.2, 0) is 0 Å². The summed E-state index contributed by atoms with van der Waals surface area (Å²) in [6.45, 7) is 2.86. The molecule has 0 aliphatic carbocycles. The van der Waals surface area contributed by atoms with E-state index in [-0.39, 0.29) is 11.9 Å². The third kappa shape index (κ3) is 5.61. The van der Waals surface area contributed by atoms with Gasteiger partial charge >= 0.3 is 0 Å². The summed E-state index contributed by atoms with van der Waals surface area (Å²) in [5, 5.41) is 3.00. The molecule has 1 N–H and O–H groups in total. The van der Waals surface area contributed by atoms with E-state index in [0.717, 1.165) is 11.3 Å². The molecule has 138 valence electrons. The molecule has 0 aliphatic rings. The summed E-state index contributed by atoms with van der Waals surface area (Å²) < 4.78 is 11.2. The molecule has 0 saturated heterocycles. The Morgan fingerprint density at radius 2 is 1.30 bits per heavy atom. The fourth-order valence-corrected chi connectivity index (χ4v) is 2.64. The van der Waals surface area contributed by atoms with Crippen molar-refractivity contribution in [2.75, 3.05) is 13.2 Å². The molecule has 4 heteroatoms. The van der Waals surface area contributed by atoms with Gasteiger partial charge in [0, 0.05) is 5.56 Å². The molecule has 0 saturated carbocycles. The normalized spacial score (nSPS) is 11.4. The Hall–Kier alpha value is -3.27. The number of carbonyl (C=O) groups is 1. The highest BCUT2D eigenvalue weighted by atomic mass is 16.5. The van der Waals surface area contributed by atoms with Crippen LogP contribution in [0.1, 0.15) is 28.9 Å². The number of ether oxygens (including phenoxy) is 2. The second kappa shape index (κ2) is 9.43. The Labute approximate surface area is 159 Å². The molecule has 0 bridgehead atoms. The van der Waals surface area contributed by atoms with E-state index in [1.165, 1.54) is 0 Å². The van der Waals surface area contributed by atoms with Crippen molar-refractivity contribution in [2.24, 2.45) is 0 Å². The monoisotopic (exact) mass is 361 g/mol. The molecule has 1 atom stereocenters. The zero-order valence-electron chi connectivity index (χ0n) is 15.3. The Morgan fingerprint density at radius 1 is 0.778 bits per heavy atom. The Bertz CT molecular complexity index is 833. The Kier molecular flexibility index (Phi) is 6.47. The molecule has 3 aromatic carbocycles. The lowest BCUT2D eigenvalue weighted by molar-refractivity contribution is 0.0940. The number of hydrogen-bond acceptors (Lipinski definition) is 3. The number of para-hydroxylation sites is 1. The minimum Gasteiger partial charge on any atom is -0.490 e. The average Bonchev–Trinajstić information content (AvgIpc) is 2.73. The van der Waals surface area contributed by atoms with Crippen molar-refractivity contribution in [2.45, 2.75) is 13.0 Å². The first-order valence-electron chi connectivity index (χ1n) is 8.99. The molecule has 4 nitrogen and oxygen atoms in total. The van der Waals surface area contributed by atoms with E-state index < -0.39 is 0 Å². The molecule has 0 aliphatic heterocycles. The summed E-state index contributed by atoms with van der Waals surface area (Å²) in [4.78, 5) is 12.4.